The second-order valence-corrected chi connectivity index (χ2v) is 4.56. The van der Waals surface area contributed by atoms with Crippen molar-refractivity contribution in [3.8, 4) is 0 Å². The highest BCUT2D eigenvalue weighted by atomic mass is 79.9. The van der Waals surface area contributed by atoms with E-state index in [4.69, 9.17) is 0 Å². The van der Waals surface area contributed by atoms with Crippen molar-refractivity contribution in [1.82, 2.24) is 0 Å². The summed E-state index contributed by atoms with van der Waals surface area (Å²) in [6.45, 7) is 0. The Morgan fingerprint density at radius 3 is 1.80 bits per heavy atom. The van der Waals surface area contributed by atoms with Crippen LogP contribution in [0.4, 0.5) is 26.3 Å². The molecule has 1 aromatic carbocycles. The largest absolute Gasteiger partial charge is 0.468 e. The first kappa shape index (κ1) is 16.8. The molecule has 0 spiro atoms. The Labute approximate surface area is 117 Å². The standard InChI is InChI=1S/C11H7BrF6O2/c1-20-9(19)8(12)7-5(10(13,14)15)3-2-4-6(7)11(16,17)18/h2-4,8H,1H3. The van der Waals surface area contributed by atoms with Crippen LogP contribution < -0.4 is 0 Å². The summed E-state index contributed by atoms with van der Waals surface area (Å²) in [5.74, 6) is -1.26. The van der Waals surface area contributed by atoms with Gasteiger partial charge in [0.05, 0.1) is 18.2 Å². The number of carbonyl (C=O) groups is 1. The summed E-state index contributed by atoms with van der Waals surface area (Å²) in [6, 6.07) is 1.58. The molecule has 0 aliphatic carbocycles. The molecular weight excluding hydrogens is 358 g/mol. The highest BCUT2D eigenvalue weighted by Crippen LogP contribution is 2.44. The van der Waals surface area contributed by atoms with Gasteiger partial charge in [0.2, 0.25) is 0 Å². The van der Waals surface area contributed by atoms with Crippen LogP contribution in [-0.4, -0.2) is 13.1 Å². The average Bonchev–Trinajstić information content (AvgIpc) is 2.33. The molecule has 0 aromatic heterocycles. The van der Waals surface area contributed by atoms with Gasteiger partial charge in [-0.3, -0.25) is 4.79 Å². The molecule has 0 bridgehead atoms. The molecule has 0 fully saturated rings. The summed E-state index contributed by atoms with van der Waals surface area (Å²) >= 11 is 2.52. The summed E-state index contributed by atoms with van der Waals surface area (Å²) in [7, 11) is 0.861. The predicted octanol–water partition coefficient (Wildman–Crippen LogP) is 4.33. The van der Waals surface area contributed by atoms with Gasteiger partial charge in [0, 0.05) is 5.56 Å². The second-order valence-electron chi connectivity index (χ2n) is 3.65. The highest BCUT2D eigenvalue weighted by Gasteiger charge is 2.43. The predicted molar refractivity (Wildman–Crippen MR) is 60.1 cm³/mol. The van der Waals surface area contributed by atoms with Crippen molar-refractivity contribution in [3.05, 3.63) is 34.9 Å². The normalized spacial score (nSPS) is 14.0. The number of carbonyl (C=O) groups excluding carboxylic acids is 1. The van der Waals surface area contributed by atoms with E-state index >= 15 is 0 Å². The summed E-state index contributed by atoms with van der Waals surface area (Å²) in [4.78, 5) is 9.39. The van der Waals surface area contributed by atoms with Crippen LogP contribution in [0.25, 0.3) is 0 Å². The van der Waals surface area contributed by atoms with E-state index in [0.717, 1.165) is 7.11 Å². The van der Waals surface area contributed by atoms with Crippen LogP contribution in [0.15, 0.2) is 18.2 Å². The summed E-state index contributed by atoms with van der Waals surface area (Å²) in [6.07, 6.45) is -10.1. The molecule has 1 unspecified atom stereocenters. The van der Waals surface area contributed by atoms with E-state index in [0.29, 0.717) is 18.2 Å². The lowest BCUT2D eigenvalue weighted by atomic mass is 9.97. The third-order valence-corrected chi connectivity index (χ3v) is 3.21. The Bertz CT molecular complexity index is 476. The van der Waals surface area contributed by atoms with Crippen LogP contribution in [0.2, 0.25) is 0 Å². The third-order valence-electron chi connectivity index (χ3n) is 2.38. The summed E-state index contributed by atoms with van der Waals surface area (Å²) < 4.78 is 81.0. The zero-order chi connectivity index (χ0) is 15.7. The number of ether oxygens (including phenoxy) is 1. The molecule has 0 saturated carbocycles. The number of hydrogen-bond acceptors (Lipinski definition) is 2. The minimum absolute atomic E-state index is 0.474. The Morgan fingerprint density at radius 1 is 1.10 bits per heavy atom. The molecule has 0 aliphatic heterocycles. The van der Waals surface area contributed by atoms with E-state index in [9.17, 15) is 31.1 Å². The van der Waals surface area contributed by atoms with Gasteiger partial charge >= 0.3 is 18.3 Å². The molecule has 1 rings (SSSR count). The fourth-order valence-electron chi connectivity index (χ4n) is 1.55. The maximum atomic E-state index is 12.8. The fraction of sp³-hybridized carbons (Fsp3) is 0.364. The van der Waals surface area contributed by atoms with Gasteiger partial charge < -0.3 is 4.74 Å². The van der Waals surface area contributed by atoms with E-state index in [1.54, 1.807) is 0 Å². The Hall–Kier alpha value is -1.25. The SMILES string of the molecule is COC(=O)C(Br)c1c(C(F)(F)F)cccc1C(F)(F)F. The maximum Gasteiger partial charge on any atom is 0.416 e. The van der Waals surface area contributed by atoms with E-state index in [1.807, 2.05) is 0 Å². The molecule has 20 heavy (non-hydrogen) atoms. The summed E-state index contributed by atoms with van der Waals surface area (Å²) in [5, 5.41) is 0. The Kier molecular flexibility index (Phi) is 4.73. The van der Waals surface area contributed by atoms with E-state index in [2.05, 4.69) is 20.7 Å². The van der Waals surface area contributed by atoms with Crippen LogP contribution >= 0.6 is 15.9 Å². The first-order valence-electron chi connectivity index (χ1n) is 4.99. The molecular formula is C11H7BrF6O2. The maximum absolute atomic E-state index is 12.8. The molecule has 0 aliphatic rings. The van der Waals surface area contributed by atoms with Gasteiger partial charge in [-0.2, -0.15) is 26.3 Å². The zero-order valence-corrected chi connectivity index (χ0v) is 11.4. The zero-order valence-electron chi connectivity index (χ0n) is 9.77. The third kappa shape index (κ3) is 3.44. The number of benzene rings is 1. The van der Waals surface area contributed by atoms with Gasteiger partial charge in [-0.15, -0.1) is 0 Å². The lowest BCUT2D eigenvalue weighted by Gasteiger charge is -2.20. The molecule has 0 saturated heterocycles. The van der Waals surface area contributed by atoms with Crippen molar-refractivity contribution in [3.63, 3.8) is 0 Å². The van der Waals surface area contributed by atoms with Crippen molar-refractivity contribution in [2.75, 3.05) is 7.11 Å². The number of methoxy groups -OCH3 is 1. The van der Waals surface area contributed by atoms with Gasteiger partial charge in [0.25, 0.3) is 0 Å². The van der Waals surface area contributed by atoms with Gasteiger partial charge in [-0.25, -0.2) is 0 Å². The fourth-order valence-corrected chi connectivity index (χ4v) is 2.23. The number of rotatable bonds is 2. The molecule has 0 heterocycles. The minimum atomic E-state index is -5.03. The van der Waals surface area contributed by atoms with Gasteiger partial charge in [0.1, 0.15) is 4.83 Å². The topological polar surface area (TPSA) is 26.3 Å². The molecule has 0 radical (unpaired) electrons. The van der Waals surface area contributed by atoms with Crippen LogP contribution in [0, 0.1) is 0 Å². The first-order valence-corrected chi connectivity index (χ1v) is 5.91. The molecule has 1 atom stereocenters. The van der Waals surface area contributed by atoms with Crippen molar-refractivity contribution >= 4 is 21.9 Å². The van der Waals surface area contributed by atoms with Crippen molar-refractivity contribution in [2.45, 2.75) is 17.2 Å². The van der Waals surface area contributed by atoms with Crippen molar-refractivity contribution in [1.29, 1.82) is 0 Å². The molecule has 0 amide bonds. The number of esters is 1. The first-order chi connectivity index (χ1) is 9.00. The van der Waals surface area contributed by atoms with Crippen LogP contribution in [0.3, 0.4) is 0 Å². The Morgan fingerprint density at radius 2 is 1.50 bits per heavy atom. The van der Waals surface area contributed by atoms with Crippen molar-refractivity contribution in [2.24, 2.45) is 0 Å². The minimum Gasteiger partial charge on any atom is -0.468 e. The van der Waals surface area contributed by atoms with Gasteiger partial charge in [-0.05, 0) is 12.1 Å². The van der Waals surface area contributed by atoms with E-state index in [1.165, 1.54) is 0 Å². The lowest BCUT2D eigenvalue weighted by Crippen LogP contribution is -2.21. The number of alkyl halides is 7. The molecule has 0 N–H and O–H groups in total. The average molecular weight is 365 g/mol. The summed E-state index contributed by atoms with van der Waals surface area (Å²) in [5.41, 5.74) is -4.29. The molecule has 1 aromatic rings. The number of halogens is 7. The monoisotopic (exact) mass is 364 g/mol. The molecule has 112 valence electrons. The van der Waals surface area contributed by atoms with E-state index in [-0.39, 0.29) is 0 Å². The lowest BCUT2D eigenvalue weighted by molar-refractivity contribution is -0.146. The van der Waals surface area contributed by atoms with E-state index < -0.39 is 39.8 Å². The second kappa shape index (κ2) is 5.63. The Balaban J connectivity index is 3.61. The number of hydrogen-bond donors (Lipinski definition) is 0. The highest BCUT2D eigenvalue weighted by molar-refractivity contribution is 9.09. The molecule has 9 heteroatoms. The van der Waals surface area contributed by atoms with Gasteiger partial charge in [0.15, 0.2) is 0 Å². The quantitative estimate of drug-likeness (QED) is 0.443. The molecule has 2 nitrogen and oxygen atoms in total. The van der Waals surface area contributed by atoms with Crippen molar-refractivity contribution < 1.29 is 35.9 Å². The smallest absolute Gasteiger partial charge is 0.416 e. The van der Waals surface area contributed by atoms with Crippen LogP contribution in [-0.2, 0) is 21.9 Å². The van der Waals surface area contributed by atoms with Crippen LogP contribution in [0.5, 0.6) is 0 Å². The van der Waals surface area contributed by atoms with Crippen LogP contribution in [0.1, 0.15) is 21.5 Å². The van der Waals surface area contributed by atoms with Gasteiger partial charge in [-0.1, -0.05) is 22.0 Å².